The first-order valence-electron chi connectivity index (χ1n) is 10.7. The number of aromatic nitrogens is 2. The fraction of sp³-hybridized carbons (Fsp3) is 0.292. The summed E-state index contributed by atoms with van der Waals surface area (Å²) in [6.07, 6.45) is 1.35. The Labute approximate surface area is 217 Å². The topological polar surface area (TPSA) is 123 Å². The number of hydrogen-bond acceptors (Lipinski definition) is 6. The zero-order chi connectivity index (χ0) is 23.6. The van der Waals surface area contributed by atoms with Crippen LogP contribution in [0.25, 0.3) is 5.69 Å². The van der Waals surface area contributed by atoms with E-state index in [1.54, 1.807) is 18.8 Å². The molecule has 0 aliphatic rings. The number of nitrogens with zero attached hydrogens (tertiary/aromatic N) is 4. The highest BCUT2D eigenvalue weighted by atomic mass is 127. The molecule has 0 saturated heterocycles. The van der Waals surface area contributed by atoms with Gasteiger partial charge in [0, 0.05) is 25.3 Å². The third kappa shape index (κ3) is 6.54. The van der Waals surface area contributed by atoms with Crippen molar-refractivity contribution < 1.29 is 9.47 Å². The van der Waals surface area contributed by atoms with Crippen LogP contribution in [0.1, 0.15) is 24.6 Å². The van der Waals surface area contributed by atoms with E-state index in [9.17, 15) is 5.26 Å². The van der Waals surface area contributed by atoms with Crippen LogP contribution in [0.15, 0.2) is 53.5 Å². The molecule has 0 atom stereocenters. The number of guanidine groups is 1. The van der Waals surface area contributed by atoms with Gasteiger partial charge in [-0.05, 0) is 44.0 Å². The lowest BCUT2D eigenvalue weighted by atomic mass is 10.1. The second-order valence-corrected chi connectivity index (χ2v) is 7.09. The number of hydrogen-bond donors (Lipinski definition) is 3. The summed E-state index contributed by atoms with van der Waals surface area (Å²) in [4.78, 5) is 4.27. The largest absolute Gasteiger partial charge is 0.493 e. The number of benzene rings is 2. The van der Waals surface area contributed by atoms with Crippen LogP contribution in [0.2, 0.25) is 0 Å². The highest BCUT2D eigenvalue weighted by Gasteiger charge is 2.16. The van der Waals surface area contributed by atoms with E-state index in [0.29, 0.717) is 54.1 Å². The Bertz CT molecular complexity index is 1140. The molecule has 0 bridgehead atoms. The van der Waals surface area contributed by atoms with Gasteiger partial charge < -0.3 is 25.8 Å². The van der Waals surface area contributed by atoms with Crippen molar-refractivity contribution in [3.8, 4) is 23.3 Å². The minimum absolute atomic E-state index is 0. The van der Waals surface area contributed by atoms with Crippen molar-refractivity contribution in [2.75, 3.05) is 38.4 Å². The Balaban J connectivity index is 0.00000408. The van der Waals surface area contributed by atoms with Crippen molar-refractivity contribution in [3.05, 3.63) is 59.8 Å². The van der Waals surface area contributed by atoms with Gasteiger partial charge in [0.15, 0.2) is 17.5 Å². The van der Waals surface area contributed by atoms with Crippen LogP contribution in [-0.4, -0.2) is 43.0 Å². The van der Waals surface area contributed by atoms with E-state index < -0.39 is 0 Å². The van der Waals surface area contributed by atoms with Gasteiger partial charge in [-0.3, -0.25) is 4.99 Å². The molecule has 2 aromatic carbocycles. The quantitative estimate of drug-likeness (QED) is 0.153. The number of nitrogens with two attached hydrogens (primary N) is 1. The fourth-order valence-corrected chi connectivity index (χ4v) is 3.34. The van der Waals surface area contributed by atoms with E-state index >= 15 is 0 Å². The van der Waals surface area contributed by atoms with Crippen molar-refractivity contribution in [2.24, 2.45) is 4.99 Å². The molecule has 9 nitrogen and oxygen atoms in total. The monoisotopic (exact) mass is 575 g/mol. The predicted molar refractivity (Wildman–Crippen MR) is 146 cm³/mol. The second kappa shape index (κ2) is 13.3. The van der Waals surface area contributed by atoms with Gasteiger partial charge in [0.05, 0.1) is 25.1 Å². The first kappa shape index (κ1) is 26.8. The van der Waals surface area contributed by atoms with E-state index in [2.05, 4.69) is 26.8 Å². The van der Waals surface area contributed by atoms with Gasteiger partial charge in [-0.15, -0.1) is 24.0 Å². The minimum atomic E-state index is 0. The van der Waals surface area contributed by atoms with Gasteiger partial charge in [-0.25, -0.2) is 4.68 Å². The Hall–Kier alpha value is -3.46. The molecule has 34 heavy (non-hydrogen) atoms. The molecule has 180 valence electrons. The van der Waals surface area contributed by atoms with Gasteiger partial charge >= 0.3 is 0 Å². The number of halogens is 1. The SMILES string of the molecule is CCOc1cc(NC(=NC)NCCCc2nn(-c3ccccc3)c(N)c2C#N)ccc1OC.I. The number of anilines is 2. The first-order valence-corrected chi connectivity index (χ1v) is 10.7. The Morgan fingerprint density at radius 2 is 1.97 bits per heavy atom. The highest BCUT2D eigenvalue weighted by molar-refractivity contribution is 14.0. The molecule has 0 amide bonds. The van der Waals surface area contributed by atoms with Gasteiger partial charge in [0.2, 0.25) is 0 Å². The molecule has 3 aromatic rings. The van der Waals surface area contributed by atoms with Crippen LogP contribution >= 0.6 is 24.0 Å². The number of ether oxygens (including phenoxy) is 2. The molecule has 0 aliphatic carbocycles. The van der Waals surface area contributed by atoms with Gasteiger partial charge in [-0.2, -0.15) is 10.4 Å². The second-order valence-electron chi connectivity index (χ2n) is 7.09. The van der Waals surface area contributed by atoms with E-state index in [-0.39, 0.29) is 24.0 Å². The Morgan fingerprint density at radius 3 is 2.62 bits per heavy atom. The fourth-order valence-electron chi connectivity index (χ4n) is 3.34. The number of nitrogens with one attached hydrogen (secondary N) is 2. The van der Waals surface area contributed by atoms with Crippen LogP contribution in [0.4, 0.5) is 11.5 Å². The number of aryl methyl sites for hydroxylation is 1. The molecular weight excluding hydrogens is 545 g/mol. The molecule has 0 saturated carbocycles. The summed E-state index contributed by atoms with van der Waals surface area (Å²) in [5.41, 5.74) is 8.93. The summed E-state index contributed by atoms with van der Waals surface area (Å²) >= 11 is 0. The molecule has 10 heteroatoms. The van der Waals surface area contributed by atoms with Crippen molar-refractivity contribution >= 4 is 41.4 Å². The van der Waals surface area contributed by atoms with E-state index in [1.807, 2.05) is 55.5 Å². The van der Waals surface area contributed by atoms with Crippen molar-refractivity contribution in [2.45, 2.75) is 19.8 Å². The minimum Gasteiger partial charge on any atom is -0.493 e. The van der Waals surface area contributed by atoms with E-state index in [1.165, 1.54) is 0 Å². The number of rotatable bonds is 9. The third-order valence-electron chi connectivity index (χ3n) is 4.94. The van der Waals surface area contributed by atoms with Crippen LogP contribution in [-0.2, 0) is 6.42 Å². The standard InChI is InChI=1S/C24H29N7O2.HI/c1-4-33-22-15-17(12-13-21(22)32-3)29-24(27-2)28-14-8-11-20-19(16-25)23(26)31(30-20)18-9-6-5-7-10-18;/h5-7,9-10,12-13,15H,4,8,11,14,26H2,1-3H3,(H2,27,28,29);1H. The molecule has 0 aliphatic heterocycles. The smallest absolute Gasteiger partial charge is 0.195 e. The zero-order valence-electron chi connectivity index (χ0n) is 19.5. The first-order chi connectivity index (χ1) is 16.1. The lowest BCUT2D eigenvalue weighted by molar-refractivity contribution is 0.311. The summed E-state index contributed by atoms with van der Waals surface area (Å²) in [6, 6.07) is 17.3. The average Bonchev–Trinajstić information content (AvgIpc) is 3.17. The maximum absolute atomic E-state index is 9.56. The van der Waals surface area contributed by atoms with E-state index in [0.717, 1.165) is 17.8 Å². The Morgan fingerprint density at radius 1 is 1.21 bits per heavy atom. The lowest BCUT2D eigenvalue weighted by Gasteiger charge is -2.14. The summed E-state index contributed by atoms with van der Waals surface area (Å²) in [5, 5.41) is 20.6. The molecule has 0 spiro atoms. The number of nitrogen functional groups attached to an aromatic ring is 1. The Kier molecular flexibility index (Phi) is 10.5. The average molecular weight is 575 g/mol. The highest BCUT2D eigenvalue weighted by Crippen LogP contribution is 2.30. The van der Waals surface area contributed by atoms with Crippen LogP contribution < -0.4 is 25.8 Å². The summed E-state index contributed by atoms with van der Waals surface area (Å²) < 4.78 is 12.6. The van der Waals surface area contributed by atoms with Gasteiger partial charge in [-0.1, -0.05) is 18.2 Å². The number of nitriles is 1. The number of aliphatic imine (C=N–C) groups is 1. The summed E-state index contributed by atoms with van der Waals surface area (Å²) in [5.74, 6) is 2.31. The normalized spacial score (nSPS) is 10.7. The third-order valence-corrected chi connectivity index (χ3v) is 4.94. The predicted octanol–water partition coefficient (Wildman–Crippen LogP) is 3.97. The molecule has 0 unspecified atom stereocenters. The molecular formula is C24H30IN7O2. The van der Waals surface area contributed by atoms with Crippen LogP contribution in [0, 0.1) is 11.3 Å². The van der Waals surface area contributed by atoms with Crippen LogP contribution in [0.3, 0.4) is 0 Å². The van der Waals surface area contributed by atoms with Crippen molar-refractivity contribution in [1.29, 1.82) is 5.26 Å². The number of methoxy groups -OCH3 is 1. The van der Waals surface area contributed by atoms with Gasteiger partial charge in [0.1, 0.15) is 17.5 Å². The molecule has 0 fully saturated rings. The van der Waals surface area contributed by atoms with E-state index in [4.69, 9.17) is 15.2 Å². The lowest BCUT2D eigenvalue weighted by Crippen LogP contribution is -2.31. The number of para-hydroxylation sites is 1. The maximum Gasteiger partial charge on any atom is 0.195 e. The molecule has 4 N–H and O–H groups in total. The molecule has 1 heterocycles. The van der Waals surface area contributed by atoms with Crippen molar-refractivity contribution in [3.63, 3.8) is 0 Å². The molecule has 3 rings (SSSR count). The van der Waals surface area contributed by atoms with Crippen LogP contribution in [0.5, 0.6) is 11.5 Å². The zero-order valence-corrected chi connectivity index (χ0v) is 21.9. The summed E-state index contributed by atoms with van der Waals surface area (Å²) in [7, 11) is 3.32. The summed E-state index contributed by atoms with van der Waals surface area (Å²) in [6.45, 7) is 3.10. The maximum atomic E-state index is 9.56. The van der Waals surface area contributed by atoms with Crippen molar-refractivity contribution in [1.82, 2.24) is 15.1 Å². The molecule has 1 aromatic heterocycles. The molecule has 0 radical (unpaired) electrons. The van der Waals surface area contributed by atoms with Gasteiger partial charge in [0.25, 0.3) is 0 Å².